The normalized spacial score (nSPS) is 10.7. The van der Waals surface area contributed by atoms with Crippen LogP contribution in [0.4, 0.5) is 0 Å². The first-order valence-corrected chi connectivity index (χ1v) is 7.17. The van der Waals surface area contributed by atoms with Crippen LogP contribution in [0, 0.1) is 3.57 Å². The van der Waals surface area contributed by atoms with Crippen molar-refractivity contribution in [1.82, 2.24) is 4.98 Å². The fourth-order valence-electron chi connectivity index (χ4n) is 1.70. The fourth-order valence-corrected chi connectivity index (χ4v) is 2.44. The van der Waals surface area contributed by atoms with E-state index in [4.69, 9.17) is 21.1 Å². The van der Waals surface area contributed by atoms with E-state index in [-0.39, 0.29) is 5.76 Å². The number of nitrogens with zero attached hydrogens (tertiary/aromatic N) is 1. The Morgan fingerprint density at radius 3 is 2.89 bits per heavy atom. The van der Waals surface area contributed by atoms with Gasteiger partial charge >= 0.3 is 5.97 Å². The van der Waals surface area contributed by atoms with Crippen molar-refractivity contribution in [3.05, 3.63) is 38.2 Å². The van der Waals surface area contributed by atoms with Gasteiger partial charge in [0.1, 0.15) is 0 Å². The number of hydrogen-bond acceptors (Lipinski definition) is 3. The highest BCUT2D eigenvalue weighted by Crippen LogP contribution is 2.29. The van der Waals surface area contributed by atoms with Crippen LogP contribution >= 0.6 is 34.2 Å². The minimum atomic E-state index is -1.10. The van der Waals surface area contributed by atoms with Gasteiger partial charge in [0.05, 0.1) is 11.3 Å². The Morgan fingerprint density at radius 2 is 2.26 bits per heavy atom. The first kappa shape index (κ1) is 14.3. The van der Waals surface area contributed by atoms with Gasteiger partial charge in [-0.1, -0.05) is 24.9 Å². The molecule has 1 N–H and O–H groups in total. The Labute approximate surface area is 128 Å². The first-order valence-electron chi connectivity index (χ1n) is 5.71. The molecule has 0 aliphatic rings. The fraction of sp³-hybridized carbons (Fsp3) is 0.231. The molecule has 0 spiro atoms. The van der Waals surface area contributed by atoms with E-state index in [0.29, 0.717) is 28.6 Å². The van der Waals surface area contributed by atoms with Gasteiger partial charge in [-0.2, -0.15) is 0 Å². The minimum Gasteiger partial charge on any atom is -0.475 e. The van der Waals surface area contributed by atoms with E-state index in [0.717, 1.165) is 9.99 Å². The average Bonchev–Trinajstić information content (AvgIpc) is 2.77. The number of carboxylic acid groups (broad SMARTS) is 1. The quantitative estimate of drug-likeness (QED) is 0.792. The van der Waals surface area contributed by atoms with E-state index in [9.17, 15) is 4.79 Å². The second kappa shape index (κ2) is 5.92. The summed E-state index contributed by atoms with van der Waals surface area (Å²) in [6.07, 6.45) is 1.38. The summed E-state index contributed by atoms with van der Waals surface area (Å²) >= 11 is 8.08. The highest BCUT2D eigenvalue weighted by atomic mass is 127. The predicted octanol–water partition coefficient (Wildman–Crippen LogP) is 4.25. The third-order valence-electron chi connectivity index (χ3n) is 2.54. The molecule has 0 atom stereocenters. The lowest BCUT2D eigenvalue weighted by atomic mass is 10.2. The topological polar surface area (TPSA) is 63.3 Å². The largest absolute Gasteiger partial charge is 0.475 e. The Morgan fingerprint density at radius 1 is 1.53 bits per heavy atom. The molecule has 0 amide bonds. The maximum absolute atomic E-state index is 11.1. The molecule has 0 saturated carbocycles. The standard InChI is InChI=1S/C13H11ClINO3/c1-2-3-10-11(13(17)18)19-12(16-10)8-6-7(14)4-5-9(8)15/h4-6H,2-3H2,1H3,(H,17,18). The van der Waals surface area contributed by atoms with E-state index >= 15 is 0 Å². The van der Waals surface area contributed by atoms with Gasteiger partial charge in [0.2, 0.25) is 11.7 Å². The zero-order chi connectivity index (χ0) is 14.0. The molecule has 4 nitrogen and oxygen atoms in total. The minimum absolute atomic E-state index is 0.0902. The molecule has 0 unspecified atom stereocenters. The van der Waals surface area contributed by atoms with Gasteiger partial charge in [-0.3, -0.25) is 0 Å². The number of halogens is 2. The molecule has 0 bridgehead atoms. The smallest absolute Gasteiger partial charge is 0.373 e. The number of carboxylic acids is 1. The summed E-state index contributed by atoms with van der Waals surface area (Å²) in [6, 6.07) is 5.32. The van der Waals surface area contributed by atoms with Crippen molar-refractivity contribution in [2.45, 2.75) is 19.8 Å². The van der Waals surface area contributed by atoms with Crippen molar-refractivity contribution in [2.24, 2.45) is 0 Å². The Balaban J connectivity index is 2.53. The van der Waals surface area contributed by atoms with Crippen LogP contribution in [0.1, 0.15) is 29.6 Å². The molecule has 0 fully saturated rings. The van der Waals surface area contributed by atoms with Crippen LogP contribution in [-0.4, -0.2) is 16.1 Å². The van der Waals surface area contributed by atoms with Crippen molar-refractivity contribution in [1.29, 1.82) is 0 Å². The molecule has 0 radical (unpaired) electrons. The summed E-state index contributed by atoms with van der Waals surface area (Å²) in [5, 5.41) is 9.67. The average molecular weight is 392 g/mol. The SMILES string of the molecule is CCCc1nc(-c2cc(Cl)ccc2I)oc1C(=O)O. The van der Waals surface area contributed by atoms with Gasteiger partial charge in [0.25, 0.3) is 0 Å². The van der Waals surface area contributed by atoms with Crippen LogP contribution in [0.2, 0.25) is 5.02 Å². The highest BCUT2D eigenvalue weighted by molar-refractivity contribution is 14.1. The number of aryl methyl sites for hydroxylation is 1. The van der Waals surface area contributed by atoms with Crippen LogP contribution in [0.3, 0.4) is 0 Å². The van der Waals surface area contributed by atoms with E-state index in [1.807, 2.05) is 13.0 Å². The van der Waals surface area contributed by atoms with E-state index in [2.05, 4.69) is 27.6 Å². The zero-order valence-corrected chi connectivity index (χ0v) is 13.0. The molecule has 1 aromatic heterocycles. The van der Waals surface area contributed by atoms with Crippen molar-refractivity contribution in [2.75, 3.05) is 0 Å². The Hall–Kier alpha value is -1.08. The number of aromatic carboxylic acids is 1. The summed E-state index contributed by atoms with van der Waals surface area (Å²) < 4.78 is 6.28. The molecule has 0 saturated heterocycles. The molecule has 2 aromatic rings. The highest BCUT2D eigenvalue weighted by Gasteiger charge is 2.20. The number of oxazole rings is 1. The molecular weight excluding hydrogens is 381 g/mol. The van der Waals surface area contributed by atoms with E-state index < -0.39 is 5.97 Å². The second-order valence-corrected chi connectivity index (χ2v) is 5.57. The van der Waals surface area contributed by atoms with Gasteiger partial charge in [0, 0.05) is 8.59 Å². The molecule has 19 heavy (non-hydrogen) atoms. The maximum atomic E-state index is 11.1. The lowest BCUT2D eigenvalue weighted by Crippen LogP contribution is -1.99. The molecule has 6 heteroatoms. The summed E-state index contributed by atoms with van der Waals surface area (Å²) in [4.78, 5) is 15.4. The number of benzene rings is 1. The zero-order valence-electron chi connectivity index (χ0n) is 10.1. The van der Waals surface area contributed by atoms with Crippen LogP contribution in [0.15, 0.2) is 22.6 Å². The van der Waals surface area contributed by atoms with E-state index in [1.165, 1.54) is 0 Å². The van der Waals surface area contributed by atoms with Gasteiger partial charge in [-0.15, -0.1) is 0 Å². The third-order valence-corrected chi connectivity index (χ3v) is 3.71. The van der Waals surface area contributed by atoms with Gasteiger partial charge in [0.15, 0.2) is 0 Å². The summed E-state index contributed by atoms with van der Waals surface area (Å²) in [6.45, 7) is 1.96. The van der Waals surface area contributed by atoms with Crippen molar-refractivity contribution < 1.29 is 14.3 Å². The van der Waals surface area contributed by atoms with Gasteiger partial charge < -0.3 is 9.52 Å². The van der Waals surface area contributed by atoms with Gasteiger partial charge in [-0.25, -0.2) is 9.78 Å². The lowest BCUT2D eigenvalue weighted by Gasteiger charge is -1.99. The number of rotatable bonds is 4. The molecule has 0 aliphatic heterocycles. The van der Waals surface area contributed by atoms with Crippen LogP contribution in [0.5, 0.6) is 0 Å². The molecule has 2 rings (SSSR count). The molecular formula is C13H11ClINO3. The third kappa shape index (κ3) is 3.09. The second-order valence-electron chi connectivity index (χ2n) is 3.97. The monoisotopic (exact) mass is 391 g/mol. The van der Waals surface area contributed by atoms with Crippen LogP contribution in [0.25, 0.3) is 11.5 Å². The number of aromatic nitrogens is 1. The number of hydrogen-bond donors (Lipinski definition) is 1. The lowest BCUT2D eigenvalue weighted by molar-refractivity contribution is 0.0661. The summed E-state index contributed by atoms with van der Waals surface area (Å²) in [5.41, 5.74) is 1.18. The van der Waals surface area contributed by atoms with Crippen LogP contribution < -0.4 is 0 Å². The molecule has 1 heterocycles. The first-order chi connectivity index (χ1) is 9.02. The summed E-state index contributed by atoms with van der Waals surface area (Å²) in [5.74, 6) is -0.889. The van der Waals surface area contributed by atoms with Crippen molar-refractivity contribution in [3.8, 4) is 11.5 Å². The number of carbonyl (C=O) groups is 1. The van der Waals surface area contributed by atoms with Crippen LogP contribution in [-0.2, 0) is 6.42 Å². The molecule has 0 aliphatic carbocycles. The predicted molar refractivity (Wildman–Crippen MR) is 80.6 cm³/mol. The Kier molecular flexibility index (Phi) is 4.46. The molecule has 1 aromatic carbocycles. The van der Waals surface area contributed by atoms with Crippen molar-refractivity contribution in [3.63, 3.8) is 0 Å². The van der Waals surface area contributed by atoms with Gasteiger partial charge in [-0.05, 0) is 47.2 Å². The van der Waals surface area contributed by atoms with Crippen molar-refractivity contribution >= 4 is 40.2 Å². The van der Waals surface area contributed by atoms with E-state index in [1.54, 1.807) is 12.1 Å². The molecule has 100 valence electrons. The summed E-state index contributed by atoms with van der Waals surface area (Å²) in [7, 11) is 0. The maximum Gasteiger partial charge on any atom is 0.373 e. The Bertz CT molecular complexity index is 624.